The highest BCUT2D eigenvalue weighted by atomic mass is 16.2. The maximum atomic E-state index is 13.1. The Morgan fingerprint density at radius 3 is 2.61 bits per heavy atom. The molecule has 0 saturated carbocycles. The van der Waals surface area contributed by atoms with Crippen molar-refractivity contribution < 1.29 is 4.79 Å². The zero-order valence-electron chi connectivity index (χ0n) is 17.9. The monoisotopic (exact) mass is 416 g/mol. The van der Waals surface area contributed by atoms with Crippen LogP contribution in [0.3, 0.4) is 0 Å². The van der Waals surface area contributed by atoms with Crippen molar-refractivity contribution in [2.24, 2.45) is 0 Å². The Bertz CT molecular complexity index is 1320. The van der Waals surface area contributed by atoms with Crippen molar-refractivity contribution in [3.8, 4) is 0 Å². The van der Waals surface area contributed by atoms with Crippen molar-refractivity contribution in [3.63, 3.8) is 0 Å². The van der Waals surface area contributed by atoms with E-state index in [2.05, 4.69) is 31.5 Å². The number of nitrogens with one attached hydrogen (secondary N) is 2. The maximum absolute atomic E-state index is 13.1. The SMILES string of the molecule is Cc1ccc(C)c([C@@H](NC(=O)Cc2c(C)nc3[nH]nc(C)n3c2=O)c2ccncc2)c1. The molecule has 31 heavy (non-hydrogen) atoms. The predicted molar refractivity (Wildman–Crippen MR) is 117 cm³/mol. The minimum atomic E-state index is -0.356. The van der Waals surface area contributed by atoms with Crippen molar-refractivity contribution in [3.05, 3.63) is 92.4 Å². The first-order valence-electron chi connectivity index (χ1n) is 10.0. The van der Waals surface area contributed by atoms with Crippen LogP contribution in [-0.2, 0) is 11.2 Å². The number of hydrogen-bond donors (Lipinski definition) is 2. The highest BCUT2D eigenvalue weighted by molar-refractivity contribution is 5.79. The zero-order chi connectivity index (χ0) is 22.1. The van der Waals surface area contributed by atoms with Crippen LogP contribution in [0.2, 0.25) is 0 Å². The molecule has 0 unspecified atom stereocenters. The Labute approximate surface area is 179 Å². The quantitative estimate of drug-likeness (QED) is 0.520. The number of H-pyrrole nitrogens is 1. The minimum absolute atomic E-state index is 0.0718. The molecule has 3 aromatic heterocycles. The van der Waals surface area contributed by atoms with Gasteiger partial charge in [-0.05, 0) is 56.5 Å². The lowest BCUT2D eigenvalue weighted by Crippen LogP contribution is -2.34. The van der Waals surface area contributed by atoms with E-state index in [0.29, 0.717) is 22.9 Å². The molecule has 1 aromatic carbocycles. The number of rotatable bonds is 5. The summed E-state index contributed by atoms with van der Waals surface area (Å²) in [6.07, 6.45) is 3.34. The second-order valence-electron chi connectivity index (χ2n) is 7.73. The highest BCUT2D eigenvalue weighted by Crippen LogP contribution is 2.26. The summed E-state index contributed by atoms with van der Waals surface area (Å²) in [5.74, 6) is 0.610. The van der Waals surface area contributed by atoms with Crippen molar-refractivity contribution in [2.45, 2.75) is 40.2 Å². The first-order chi connectivity index (χ1) is 14.8. The van der Waals surface area contributed by atoms with Gasteiger partial charge in [0.15, 0.2) is 0 Å². The van der Waals surface area contributed by atoms with Crippen molar-refractivity contribution >= 4 is 11.7 Å². The maximum Gasteiger partial charge on any atom is 0.264 e. The fourth-order valence-corrected chi connectivity index (χ4v) is 3.76. The predicted octanol–water partition coefficient (Wildman–Crippen LogP) is 2.49. The molecule has 3 heterocycles. The number of aromatic nitrogens is 5. The number of aryl methyl sites for hydroxylation is 4. The van der Waals surface area contributed by atoms with E-state index in [1.807, 2.05) is 38.1 Å². The molecule has 0 aliphatic rings. The van der Waals surface area contributed by atoms with Crippen LogP contribution in [0.25, 0.3) is 5.78 Å². The highest BCUT2D eigenvalue weighted by Gasteiger charge is 2.21. The molecule has 0 aliphatic carbocycles. The second-order valence-corrected chi connectivity index (χ2v) is 7.73. The number of carbonyl (C=O) groups excluding carboxylic acids is 1. The van der Waals surface area contributed by atoms with Crippen LogP contribution in [0.1, 0.15) is 45.4 Å². The number of carbonyl (C=O) groups is 1. The average molecular weight is 416 g/mol. The summed E-state index contributed by atoms with van der Waals surface area (Å²) >= 11 is 0. The Morgan fingerprint density at radius 2 is 1.87 bits per heavy atom. The lowest BCUT2D eigenvalue weighted by molar-refractivity contribution is -0.121. The molecule has 0 radical (unpaired) electrons. The Balaban J connectivity index is 1.69. The zero-order valence-corrected chi connectivity index (χ0v) is 17.9. The van der Waals surface area contributed by atoms with Gasteiger partial charge in [-0.25, -0.2) is 14.5 Å². The smallest absolute Gasteiger partial charge is 0.264 e. The topological polar surface area (TPSA) is 105 Å². The van der Waals surface area contributed by atoms with Gasteiger partial charge >= 0.3 is 0 Å². The van der Waals surface area contributed by atoms with Gasteiger partial charge in [0.25, 0.3) is 5.56 Å². The standard InChI is InChI=1S/C23H24N6O2/c1-13-5-6-14(2)18(11-13)21(17-7-9-24-10-8-17)26-20(30)12-19-15(3)25-23-28-27-16(4)29(23)22(19)31/h5-11,21H,12H2,1-4H3,(H,25,28)(H,26,30)/t21-/m0/s1. The van der Waals surface area contributed by atoms with Gasteiger partial charge in [-0.1, -0.05) is 23.8 Å². The molecule has 8 heteroatoms. The molecule has 0 spiro atoms. The lowest BCUT2D eigenvalue weighted by atomic mass is 9.94. The molecule has 0 bridgehead atoms. The molecule has 8 nitrogen and oxygen atoms in total. The number of pyridine rings is 1. The van der Waals surface area contributed by atoms with E-state index >= 15 is 0 Å². The van der Waals surface area contributed by atoms with Gasteiger partial charge in [0.1, 0.15) is 5.82 Å². The van der Waals surface area contributed by atoms with Crippen LogP contribution < -0.4 is 10.9 Å². The van der Waals surface area contributed by atoms with E-state index in [1.54, 1.807) is 26.2 Å². The fourth-order valence-electron chi connectivity index (χ4n) is 3.76. The van der Waals surface area contributed by atoms with Gasteiger partial charge in [-0.15, -0.1) is 0 Å². The minimum Gasteiger partial charge on any atom is -0.345 e. The number of amides is 1. The summed E-state index contributed by atoms with van der Waals surface area (Å²) in [6, 6.07) is 9.57. The Morgan fingerprint density at radius 1 is 1.13 bits per heavy atom. The van der Waals surface area contributed by atoms with Gasteiger partial charge in [0, 0.05) is 18.0 Å². The van der Waals surface area contributed by atoms with Crippen LogP contribution in [-0.4, -0.2) is 30.5 Å². The number of benzene rings is 1. The molecule has 158 valence electrons. The third-order valence-electron chi connectivity index (χ3n) is 5.45. The first kappa shape index (κ1) is 20.5. The number of nitrogens with zero attached hydrogens (tertiary/aromatic N) is 4. The lowest BCUT2D eigenvalue weighted by Gasteiger charge is -2.22. The molecular formula is C23H24N6O2. The van der Waals surface area contributed by atoms with Crippen LogP contribution in [0.4, 0.5) is 0 Å². The number of hydrogen-bond acceptors (Lipinski definition) is 5. The summed E-state index contributed by atoms with van der Waals surface area (Å²) in [5, 5.41) is 9.88. The third-order valence-corrected chi connectivity index (χ3v) is 5.45. The molecule has 1 atom stereocenters. The van der Waals surface area contributed by atoms with Gasteiger partial charge in [-0.2, -0.15) is 5.10 Å². The molecule has 1 amide bonds. The van der Waals surface area contributed by atoms with E-state index in [4.69, 9.17) is 0 Å². The molecule has 4 aromatic rings. The van der Waals surface area contributed by atoms with Gasteiger partial charge in [-0.3, -0.25) is 14.6 Å². The van der Waals surface area contributed by atoms with Gasteiger partial charge in [0.2, 0.25) is 11.7 Å². The number of aromatic amines is 1. The molecule has 4 rings (SSSR count). The largest absolute Gasteiger partial charge is 0.345 e. The third kappa shape index (κ3) is 3.96. The fraction of sp³-hybridized carbons (Fsp3) is 0.261. The van der Waals surface area contributed by atoms with Crippen LogP contribution in [0.15, 0.2) is 47.5 Å². The van der Waals surface area contributed by atoms with Crippen molar-refractivity contribution in [2.75, 3.05) is 0 Å². The van der Waals surface area contributed by atoms with E-state index in [-0.39, 0.29) is 23.9 Å². The van der Waals surface area contributed by atoms with E-state index in [9.17, 15) is 9.59 Å². The van der Waals surface area contributed by atoms with Crippen molar-refractivity contribution in [1.29, 1.82) is 0 Å². The molecule has 2 N–H and O–H groups in total. The molecule has 0 saturated heterocycles. The van der Waals surface area contributed by atoms with Gasteiger partial charge in [0.05, 0.1) is 18.2 Å². The van der Waals surface area contributed by atoms with Gasteiger partial charge < -0.3 is 5.32 Å². The summed E-state index contributed by atoms with van der Waals surface area (Å²) in [6.45, 7) is 7.48. The average Bonchev–Trinajstić information content (AvgIpc) is 3.12. The molecular weight excluding hydrogens is 392 g/mol. The van der Waals surface area contributed by atoms with E-state index < -0.39 is 0 Å². The molecule has 0 aliphatic heterocycles. The summed E-state index contributed by atoms with van der Waals surface area (Å²) < 4.78 is 1.39. The molecule has 0 fully saturated rings. The van der Waals surface area contributed by atoms with E-state index in [1.165, 1.54) is 4.40 Å². The second kappa shape index (κ2) is 8.14. The summed E-state index contributed by atoms with van der Waals surface area (Å²) in [4.78, 5) is 34.5. The summed E-state index contributed by atoms with van der Waals surface area (Å²) in [7, 11) is 0. The number of fused-ring (bicyclic) bond motifs is 1. The van der Waals surface area contributed by atoms with E-state index in [0.717, 1.165) is 22.3 Å². The van der Waals surface area contributed by atoms with Crippen LogP contribution >= 0.6 is 0 Å². The summed E-state index contributed by atoms with van der Waals surface area (Å²) in [5.41, 5.74) is 4.69. The van der Waals surface area contributed by atoms with Crippen LogP contribution in [0, 0.1) is 27.7 Å². The normalized spacial score (nSPS) is 12.1. The van der Waals surface area contributed by atoms with Crippen molar-refractivity contribution in [1.82, 2.24) is 29.9 Å². The Hall–Kier alpha value is -3.81. The Kier molecular flexibility index (Phi) is 5.37. The van der Waals surface area contributed by atoms with Crippen LogP contribution in [0.5, 0.6) is 0 Å². The first-order valence-corrected chi connectivity index (χ1v) is 10.0.